The quantitative estimate of drug-likeness (QED) is 0.377. The monoisotopic (exact) mass is 385 g/mol. The van der Waals surface area contributed by atoms with Crippen molar-refractivity contribution in [2.45, 2.75) is 6.42 Å². The van der Waals surface area contributed by atoms with E-state index < -0.39 is 11.9 Å². The normalized spacial score (nSPS) is 10.8. The number of phenols is 1. The van der Waals surface area contributed by atoms with Gasteiger partial charge in [0.1, 0.15) is 17.4 Å². The average Bonchev–Trinajstić information content (AvgIpc) is 2.52. The molecule has 0 saturated heterocycles. The van der Waals surface area contributed by atoms with Crippen LogP contribution in [0.2, 0.25) is 0 Å². The van der Waals surface area contributed by atoms with Crippen LogP contribution in [-0.4, -0.2) is 17.0 Å². The highest BCUT2D eigenvalue weighted by molar-refractivity contribution is 9.10. The van der Waals surface area contributed by atoms with Crippen molar-refractivity contribution in [3.8, 4) is 11.8 Å². The summed E-state index contributed by atoms with van der Waals surface area (Å²) in [6, 6.07) is 14.7. The molecule has 0 aliphatic rings. The Morgan fingerprint density at radius 1 is 1.21 bits per heavy atom. The van der Waals surface area contributed by atoms with Gasteiger partial charge < -0.3 is 9.84 Å². The van der Waals surface area contributed by atoms with Crippen molar-refractivity contribution in [1.29, 1.82) is 5.26 Å². The van der Waals surface area contributed by atoms with Crippen molar-refractivity contribution >= 4 is 33.9 Å². The molecule has 0 bridgehead atoms. The second-order valence-electron chi connectivity index (χ2n) is 4.83. The predicted octanol–water partition coefficient (Wildman–Crippen LogP) is 3.37. The number of aromatic hydroxyl groups is 1. The number of carbonyl (C=O) groups is 2. The molecule has 0 aromatic heterocycles. The number of hydrogen-bond donors (Lipinski definition) is 1. The Balaban J connectivity index is 2.06. The summed E-state index contributed by atoms with van der Waals surface area (Å²) in [6.45, 7) is 0. The highest BCUT2D eigenvalue weighted by atomic mass is 79.9. The summed E-state index contributed by atoms with van der Waals surface area (Å²) in [4.78, 5) is 23.8. The van der Waals surface area contributed by atoms with Crippen molar-refractivity contribution in [2.75, 3.05) is 0 Å². The Hall–Kier alpha value is -2.91. The third-order valence-electron chi connectivity index (χ3n) is 2.97. The Morgan fingerprint density at radius 3 is 2.62 bits per heavy atom. The van der Waals surface area contributed by atoms with Crippen molar-refractivity contribution in [3.05, 3.63) is 69.7 Å². The van der Waals surface area contributed by atoms with Crippen LogP contribution in [0, 0.1) is 11.3 Å². The summed E-state index contributed by atoms with van der Waals surface area (Å²) in [5.74, 6) is -1.78. The average molecular weight is 386 g/mol. The summed E-state index contributed by atoms with van der Waals surface area (Å²) in [5.41, 5.74) is 0.795. The molecular formula is C18H12BrNO4. The first-order chi connectivity index (χ1) is 11.5. The van der Waals surface area contributed by atoms with Crippen LogP contribution in [0.1, 0.15) is 11.1 Å². The SMILES string of the molecule is N#CC(=Cc1cccc(O)c1)C(=O)OC(=O)Cc1cccc(Br)c1. The van der Waals surface area contributed by atoms with Crippen LogP contribution >= 0.6 is 15.9 Å². The Bertz CT molecular complexity index is 852. The lowest BCUT2D eigenvalue weighted by Crippen LogP contribution is -2.15. The summed E-state index contributed by atoms with van der Waals surface area (Å²) in [5, 5.41) is 18.4. The minimum Gasteiger partial charge on any atom is -0.508 e. The molecule has 5 nitrogen and oxygen atoms in total. The van der Waals surface area contributed by atoms with Gasteiger partial charge in [-0.15, -0.1) is 0 Å². The zero-order valence-electron chi connectivity index (χ0n) is 12.4. The first-order valence-electron chi connectivity index (χ1n) is 6.88. The minimum atomic E-state index is -1.03. The van der Waals surface area contributed by atoms with E-state index in [-0.39, 0.29) is 17.7 Å². The maximum Gasteiger partial charge on any atom is 0.356 e. The van der Waals surface area contributed by atoms with E-state index in [1.165, 1.54) is 18.2 Å². The van der Waals surface area contributed by atoms with Crippen LogP contribution in [0.3, 0.4) is 0 Å². The van der Waals surface area contributed by atoms with E-state index in [9.17, 15) is 14.7 Å². The third kappa shape index (κ3) is 5.07. The Morgan fingerprint density at radius 2 is 1.96 bits per heavy atom. The maximum atomic E-state index is 11.9. The van der Waals surface area contributed by atoms with Gasteiger partial charge in [-0.3, -0.25) is 4.79 Å². The molecule has 0 amide bonds. The molecule has 120 valence electrons. The zero-order chi connectivity index (χ0) is 17.5. The van der Waals surface area contributed by atoms with E-state index in [2.05, 4.69) is 15.9 Å². The van der Waals surface area contributed by atoms with Crippen LogP contribution < -0.4 is 0 Å². The van der Waals surface area contributed by atoms with Gasteiger partial charge in [0.05, 0.1) is 6.42 Å². The number of nitriles is 1. The fraction of sp³-hybridized carbons (Fsp3) is 0.0556. The van der Waals surface area contributed by atoms with Crippen molar-refractivity contribution < 1.29 is 19.4 Å². The highest BCUT2D eigenvalue weighted by Crippen LogP contribution is 2.15. The smallest absolute Gasteiger partial charge is 0.356 e. The molecule has 6 heteroatoms. The number of benzene rings is 2. The number of nitrogens with zero attached hydrogens (tertiary/aromatic N) is 1. The molecule has 24 heavy (non-hydrogen) atoms. The van der Waals surface area contributed by atoms with Gasteiger partial charge in [-0.05, 0) is 41.5 Å². The molecule has 0 spiro atoms. The molecule has 0 saturated carbocycles. The summed E-state index contributed by atoms with van der Waals surface area (Å²) >= 11 is 3.29. The number of carbonyl (C=O) groups excluding carboxylic acids is 2. The fourth-order valence-corrected chi connectivity index (χ4v) is 2.37. The van der Waals surface area contributed by atoms with Gasteiger partial charge in [0.25, 0.3) is 0 Å². The van der Waals surface area contributed by atoms with Crippen LogP contribution in [0.5, 0.6) is 5.75 Å². The molecule has 2 rings (SSSR count). The van der Waals surface area contributed by atoms with Gasteiger partial charge in [0.2, 0.25) is 0 Å². The second kappa shape index (κ2) is 8.09. The van der Waals surface area contributed by atoms with Crippen molar-refractivity contribution in [3.63, 3.8) is 0 Å². The maximum absolute atomic E-state index is 11.9. The van der Waals surface area contributed by atoms with Crippen LogP contribution in [0.25, 0.3) is 6.08 Å². The number of halogens is 1. The molecule has 2 aromatic carbocycles. The Kier molecular flexibility index (Phi) is 5.88. The standard InChI is InChI=1S/C18H12BrNO4/c19-15-5-1-3-13(8-15)10-17(22)24-18(23)14(11-20)7-12-4-2-6-16(21)9-12/h1-9,21H,10H2. The molecule has 0 radical (unpaired) electrons. The van der Waals surface area contributed by atoms with E-state index in [1.54, 1.807) is 36.4 Å². The molecule has 0 fully saturated rings. The summed E-state index contributed by atoms with van der Waals surface area (Å²) in [7, 11) is 0. The molecule has 0 unspecified atom stereocenters. The molecule has 0 atom stereocenters. The van der Waals surface area contributed by atoms with Gasteiger partial charge in [0.15, 0.2) is 0 Å². The lowest BCUT2D eigenvalue weighted by atomic mass is 10.1. The van der Waals surface area contributed by atoms with Gasteiger partial charge in [-0.25, -0.2) is 4.79 Å². The van der Waals surface area contributed by atoms with E-state index in [1.807, 2.05) is 6.07 Å². The second-order valence-corrected chi connectivity index (χ2v) is 5.75. The van der Waals surface area contributed by atoms with E-state index in [0.29, 0.717) is 11.1 Å². The highest BCUT2D eigenvalue weighted by Gasteiger charge is 2.16. The number of ether oxygens (including phenoxy) is 1. The topological polar surface area (TPSA) is 87.4 Å². The molecule has 0 aliphatic carbocycles. The van der Waals surface area contributed by atoms with Crippen LogP contribution in [0.15, 0.2) is 58.6 Å². The largest absolute Gasteiger partial charge is 0.508 e. The lowest BCUT2D eigenvalue weighted by Gasteiger charge is -2.03. The molecular weight excluding hydrogens is 374 g/mol. The van der Waals surface area contributed by atoms with Crippen molar-refractivity contribution in [1.82, 2.24) is 0 Å². The molecule has 1 N–H and O–H groups in total. The first kappa shape index (κ1) is 17.4. The summed E-state index contributed by atoms with van der Waals surface area (Å²) < 4.78 is 5.51. The summed E-state index contributed by atoms with van der Waals surface area (Å²) in [6.07, 6.45) is 1.16. The molecule has 0 heterocycles. The fourth-order valence-electron chi connectivity index (χ4n) is 1.93. The zero-order valence-corrected chi connectivity index (χ0v) is 14.0. The van der Waals surface area contributed by atoms with E-state index in [0.717, 1.165) is 4.47 Å². The van der Waals surface area contributed by atoms with Crippen LogP contribution in [-0.2, 0) is 20.7 Å². The van der Waals surface area contributed by atoms with Crippen molar-refractivity contribution in [2.24, 2.45) is 0 Å². The van der Waals surface area contributed by atoms with Gasteiger partial charge >= 0.3 is 11.9 Å². The van der Waals surface area contributed by atoms with E-state index in [4.69, 9.17) is 10.00 Å². The first-order valence-corrected chi connectivity index (χ1v) is 7.67. The predicted molar refractivity (Wildman–Crippen MR) is 90.6 cm³/mol. The van der Waals surface area contributed by atoms with Crippen LogP contribution in [0.4, 0.5) is 0 Å². The number of phenolic OH excluding ortho intramolecular Hbond substituents is 1. The van der Waals surface area contributed by atoms with Gasteiger partial charge in [-0.1, -0.05) is 40.2 Å². The van der Waals surface area contributed by atoms with Gasteiger partial charge in [-0.2, -0.15) is 5.26 Å². The van der Waals surface area contributed by atoms with E-state index >= 15 is 0 Å². The lowest BCUT2D eigenvalue weighted by molar-refractivity contribution is -0.156. The van der Waals surface area contributed by atoms with Gasteiger partial charge in [0, 0.05) is 4.47 Å². The third-order valence-corrected chi connectivity index (χ3v) is 3.46. The number of hydrogen-bond acceptors (Lipinski definition) is 5. The Labute approximate surface area is 146 Å². The minimum absolute atomic E-state index is 0.000128. The number of rotatable bonds is 4. The molecule has 0 aliphatic heterocycles. The molecule has 2 aromatic rings. The number of esters is 2.